The van der Waals surface area contributed by atoms with Crippen molar-refractivity contribution < 1.29 is 14.0 Å². The average Bonchev–Trinajstić information content (AvgIpc) is 3.01. The van der Waals surface area contributed by atoms with E-state index in [1.54, 1.807) is 12.1 Å². The van der Waals surface area contributed by atoms with Crippen LogP contribution in [0.4, 0.5) is 0 Å². The highest BCUT2D eigenvalue weighted by molar-refractivity contribution is 5.92. The first-order chi connectivity index (χ1) is 11.8. The summed E-state index contributed by atoms with van der Waals surface area (Å²) < 4.78 is 5.44. The van der Waals surface area contributed by atoms with Crippen molar-refractivity contribution in [1.29, 1.82) is 0 Å². The quantitative estimate of drug-likeness (QED) is 0.706. The Morgan fingerprint density at radius 2 is 1.84 bits per heavy atom. The van der Waals surface area contributed by atoms with Crippen LogP contribution in [0.1, 0.15) is 38.4 Å². The Hall–Kier alpha value is -2.41. The minimum atomic E-state index is -0.575. The molecule has 0 saturated heterocycles. The molecule has 25 heavy (non-hydrogen) atoms. The lowest BCUT2D eigenvalue weighted by Gasteiger charge is -2.25. The van der Waals surface area contributed by atoms with E-state index in [9.17, 15) is 9.59 Å². The Bertz CT molecular complexity index is 706. The number of nitrogens with zero attached hydrogens (tertiary/aromatic N) is 1. The van der Waals surface area contributed by atoms with Crippen molar-refractivity contribution in [2.24, 2.45) is 17.6 Å². The number of carbonyl (C=O) groups is 2. The lowest BCUT2D eigenvalue weighted by atomic mass is 10.0. The number of nitrogens with two attached hydrogens (primary N) is 1. The maximum atomic E-state index is 12.3. The van der Waals surface area contributed by atoms with E-state index in [4.69, 9.17) is 10.2 Å². The number of hydrogen-bond donors (Lipinski definition) is 3. The van der Waals surface area contributed by atoms with Gasteiger partial charge < -0.3 is 20.8 Å². The summed E-state index contributed by atoms with van der Waals surface area (Å²) in [6.45, 7) is 7.99. The second-order valence-electron chi connectivity index (χ2n) is 6.83. The molecule has 7 nitrogen and oxygen atoms in total. The predicted octanol–water partition coefficient (Wildman–Crippen LogP) is 1.68. The normalized spacial score (nSPS) is 13.9. The van der Waals surface area contributed by atoms with Crippen LogP contribution in [-0.4, -0.2) is 35.4 Å². The highest BCUT2D eigenvalue weighted by Crippen LogP contribution is 2.14. The number of rotatable bonds is 7. The number of benzene rings is 1. The summed E-state index contributed by atoms with van der Waals surface area (Å²) in [6, 6.07) is 6.37. The van der Waals surface area contributed by atoms with Gasteiger partial charge in [0.05, 0.1) is 6.04 Å². The second-order valence-corrected chi connectivity index (χ2v) is 6.83. The van der Waals surface area contributed by atoms with Crippen LogP contribution in [0.3, 0.4) is 0 Å². The standard InChI is InChI=1S/C18H26N4O3/c1-10(2)13(21-16(23)15(19)11(3)4)9-20-17(24)18-22-12-7-5-6-8-14(12)25-18/h5-8,10-11,13,15H,9,19H2,1-4H3,(H,20,24)(H,21,23)/t13-,15+/m1/s1. The van der Waals surface area contributed by atoms with E-state index in [0.717, 1.165) is 0 Å². The molecule has 1 heterocycles. The van der Waals surface area contributed by atoms with Crippen LogP contribution < -0.4 is 16.4 Å². The van der Waals surface area contributed by atoms with Crippen LogP contribution in [0.5, 0.6) is 0 Å². The number of oxazole rings is 1. The van der Waals surface area contributed by atoms with E-state index in [-0.39, 0.29) is 36.2 Å². The van der Waals surface area contributed by atoms with Crippen LogP contribution in [-0.2, 0) is 4.79 Å². The van der Waals surface area contributed by atoms with Crippen LogP contribution in [0.15, 0.2) is 28.7 Å². The molecule has 0 aliphatic heterocycles. The molecule has 1 aromatic carbocycles. The Morgan fingerprint density at radius 1 is 1.16 bits per heavy atom. The van der Waals surface area contributed by atoms with Crippen molar-refractivity contribution in [3.63, 3.8) is 0 Å². The third-order valence-corrected chi connectivity index (χ3v) is 4.12. The number of hydrogen-bond acceptors (Lipinski definition) is 5. The van der Waals surface area contributed by atoms with Crippen LogP contribution >= 0.6 is 0 Å². The van der Waals surface area contributed by atoms with Gasteiger partial charge in [-0.1, -0.05) is 39.8 Å². The van der Waals surface area contributed by atoms with Gasteiger partial charge in [0.15, 0.2) is 5.58 Å². The molecular formula is C18H26N4O3. The Balaban J connectivity index is 1.98. The molecule has 2 rings (SSSR count). The Kier molecular flexibility index (Phi) is 6.14. The minimum Gasteiger partial charge on any atom is -0.432 e. The van der Waals surface area contributed by atoms with E-state index in [0.29, 0.717) is 11.1 Å². The number of fused-ring (bicyclic) bond motifs is 1. The van der Waals surface area contributed by atoms with Gasteiger partial charge >= 0.3 is 5.91 Å². The summed E-state index contributed by atoms with van der Waals surface area (Å²) in [5.41, 5.74) is 7.06. The first-order valence-electron chi connectivity index (χ1n) is 8.49. The number of carbonyl (C=O) groups excluding carboxylic acids is 2. The summed E-state index contributed by atoms with van der Waals surface area (Å²) in [5, 5.41) is 5.67. The van der Waals surface area contributed by atoms with E-state index >= 15 is 0 Å². The van der Waals surface area contributed by atoms with Crippen molar-refractivity contribution in [1.82, 2.24) is 15.6 Å². The molecule has 0 saturated carbocycles. The van der Waals surface area contributed by atoms with Crippen molar-refractivity contribution in [2.75, 3.05) is 6.54 Å². The maximum Gasteiger partial charge on any atom is 0.307 e. The maximum absolute atomic E-state index is 12.3. The Labute approximate surface area is 147 Å². The molecule has 7 heteroatoms. The summed E-state index contributed by atoms with van der Waals surface area (Å²) >= 11 is 0. The van der Waals surface area contributed by atoms with Gasteiger partial charge in [-0.3, -0.25) is 9.59 Å². The molecule has 0 fully saturated rings. The van der Waals surface area contributed by atoms with Gasteiger partial charge in [0.1, 0.15) is 5.52 Å². The number of aromatic nitrogens is 1. The molecule has 2 atom stereocenters. The molecule has 136 valence electrons. The zero-order valence-corrected chi connectivity index (χ0v) is 15.1. The Morgan fingerprint density at radius 3 is 2.44 bits per heavy atom. The SMILES string of the molecule is CC(C)[C@H](N)C(=O)N[C@H](CNC(=O)c1nc2ccccc2o1)C(C)C. The van der Waals surface area contributed by atoms with Crippen molar-refractivity contribution in [2.45, 2.75) is 39.8 Å². The van der Waals surface area contributed by atoms with E-state index in [2.05, 4.69) is 15.6 Å². The molecular weight excluding hydrogens is 320 g/mol. The van der Waals surface area contributed by atoms with Crippen LogP contribution in [0, 0.1) is 11.8 Å². The third-order valence-electron chi connectivity index (χ3n) is 4.12. The minimum absolute atomic E-state index is 0.00825. The molecule has 0 aliphatic rings. The molecule has 0 radical (unpaired) electrons. The summed E-state index contributed by atoms with van der Waals surface area (Å²) in [7, 11) is 0. The number of para-hydroxylation sites is 2. The molecule has 0 aliphatic carbocycles. The monoisotopic (exact) mass is 346 g/mol. The van der Waals surface area contributed by atoms with Gasteiger partial charge in [-0.25, -0.2) is 4.98 Å². The summed E-state index contributed by atoms with van der Waals surface area (Å²) in [4.78, 5) is 28.6. The highest BCUT2D eigenvalue weighted by atomic mass is 16.4. The van der Waals surface area contributed by atoms with Crippen molar-refractivity contribution >= 4 is 22.9 Å². The van der Waals surface area contributed by atoms with Gasteiger partial charge in [-0.15, -0.1) is 0 Å². The van der Waals surface area contributed by atoms with Gasteiger partial charge in [-0.2, -0.15) is 0 Å². The molecule has 4 N–H and O–H groups in total. The third kappa shape index (κ3) is 4.79. The van der Waals surface area contributed by atoms with Gasteiger partial charge in [0.2, 0.25) is 5.91 Å². The van der Waals surface area contributed by atoms with Gasteiger partial charge in [0, 0.05) is 12.6 Å². The topological polar surface area (TPSA) is 110 Å². The molecule has 0 bridgehead atoms. The molecule has 2 amide bonds. The fraction of sp³-hybridized carbons (Fsp3) is 0.500. The summed E-state index contributed by atoms with van der Waals surface area (Å²) in [6.07, 6.45) is 0. The fourth-order valence-electron chi connectivity index (χ4n) is 2.28. The average molecular weight is 346 g/mol. The van der Waals surface area contributed by atoms with Gasteiger partial charge in [-0.05, 0) is 24.0 Å². The zero-order chi connectivity index (χ0) is 18.6. The second kappa shape index (κ2) is 8.11. The lowest BCUT2D eigenvalue weighted by molar-refractivity contribution is -0.124. The molecule has 0 spiro atoms. The fourth-order valence-corrected chi connectivity index (χ4v) is 2.28. The highest BCUT2D eigenvalue weighted by Gasteiger charge is 2.23. The largest absolute Gasteiger partial charge is 0.432 e. The zero-order valence-electron chi connectivity index (χ0n) is 15.1. The van der Waals surface area contributed by atoms with E-state index < -0.39 is 11.9 Å². The molecule has 1 aromatic heterocycles. The van der Waals surface area contributed by atoms with Crippen LogP contribution in [0.2, 0.25) is 0 Å². The predicted molar refractivity (Wildman–Crippen MR) is 95.9 cm³/mol. The van der Waals surface area contributed by atoms with E-state index in [1.165, 1.54) is 0 Å². The van der Waals surface area contributed by atoms with E-state index in [1.807, 2.05) is 39.8 Å². The van der Waals surface area contributed by atoms with Crippen LogP contribution in [0.25, 0.3) is 11.1 Å². The smallest absolute Gasteiger partial charge is 0.307 e. The lowest BCUT2D eigenvalue weighted by Crippen LogP contribution is -2.52. The van der Waals surface area contributed by atoms with Crippen molar-refractivity contribution in [3.8, 4) is 0 Å². The first kappa shape index (κ1) is 18.9. The molecule has 2 aromatic rings. The molecule has 0 unspecified atom stereocenters. The summed E-state index contributed by atoms with van der Waals surface area (Å²) in [5.74, 6) is -0.447. The first-order valence-corrected chi connectivity index (χ1v) is 8.49. The number of nitrogens with one attached hydrogen (secondary N) is 2. The number of amides is 2. The van der Waals surface area contributed by atoms with Gasteiger partial charge in [0.25, 0.3) is 5.89 Å². The van der Waals surface area contributed by atoms with Crippen molar-refractivity contribution in [3.05, 3.63) is 30.2 Å².